The average Bonchev–Trinajstić information content (AvgIpc) is 3.16. The number of carbonyl (C=O) groups is 1. The van der Waals surface area contributed by atoms with Gasteiger partial charge in [0.1, 0.15) is 5.82 Å². The van der Waals surface area contributed by atoms with Crippen LogP contribution in [0.15, 0.2) is 29.0 Å². The molecule has 0 unspecified atom stereocenters. The van der Waals surface area contributed by atoms with Crippen molar-refractivity contribution in [3.63, 3.8) is 0 Å². The van der Waals surface area contributed by atoms with Crippen LogP contribution < -0.4 is 0 Å². The van der Waals surface area contributed by atoms with Gasteiger partial charge in [0.05, 0.1) is 17.6 Å². The number of rotatable bonds is 1. The first-order valence-corrected chi connectivity index (χ1v) is 7.78. The van der Waals surface area contributed by atoms with Crippen molar-refractivity contribution >= 4 is 16.9 Å². The summed E-state index contributed by atoms with van der Waals surface area (Å²) in [5.41, 5.74) is 2.18. The largest absolute Gasteiger partial charge is 0.348 e. The first-order valence-electron chi connectivity index (χ1n) is 7.78. The maximum atomic E-state index is 12.8. The van der Waals surface area contributed by atoms with Crippen LogP contribution in [0.3, 0.4) is 0 Å². The third-order valence-corrected chi connectivity index (χ3v) is 4.06. The molecular weight excluding hydrogens is 306 g/mol. The van der Waals surface area contributed by atoms with Crippen molar-refractivity contribution in [3.8, 4) is 0 Å². The number of hydrogen-bond donors (Lipinski definition) is 0. The molecule has 4 heterocycles. The summed E-state index contributed by atoms with van der Waals surface area (Å²) in [5, 5.41) is 4.47. The van der Waals surface area contributed by atoms with Crippen LogP contribution in [0.25, 0.3) is 11.0 Å². The Morgan fingerprint density at radius 2 is 2.08 bits per heavy atom. The normalized spacial score (nSPS) is 14.2. The van der Waals surface area contributed by atoms with E-state index in [1.54, 1.807) is 23.2 Å². The lowest BCUT2D eigenvalue weighted by Gasteiger charge is -2.16. The molecule has 122 valence electrons. The Bertz CT molecular complexity index is 942. The molecule has 0 aliphatic carbocycles. The second-order valence-electron chi connectivity index (χ2n) is 6.96. The lowest BCUT2D eigenvalue weighted by Crippen LogP contribution is -2.25. The highest BCUT2D eigenvalue weighted by Gasteiger charge is 2.30. The summed E-state index contributed by atoms with van der Waals surface area (Å²) in [6.45, 7) is 7.13. The van der Waals surface area contributed by atoms with E-state index in [0.717, 1.165) is 17.1 Å². The molecule has 0 N–H and O–H groups in total. The minimum atomic E-state index is -0.208. The zero-order chi connectivity index (χ0) is 16.9. The van der Waals surface area contributed by atoms with Gasteiger partial charge in [0.25, 0.3) is 5.91 Å². The van der Waals surface area contributed by atoms with E-state index in [0.29, 0.717) is 24.1 Å². The van der Waals surface area contributed by atoms with Crippen LogP contribution in [0.5, 0.6) is 0 Å². The van der Waals surface area contributed by atoms with E-state index in [-0.39, 0.29) is 17.1 Å². The Kier molecular flexibility index (Phi) is 3.13. The van der Waals surface area contributed by atoms with Crippen LogP contribution in [-0.4, -0.2) is 30.9 Å². The molecule has 4 rings (SSSR count). The lowest BCUT2D eigenvalue weighted by molar-refractivity contribution is 0.0711. The van der Waals surface area contributed by atoms with Crippen molar-refractivity contribution in [1.29, 1.82) is 0 Å². The second-order valence-corrected chi connectivity index (χ2v) is 6.96. The molecule has 0 aromatic carbocycles. The van der Waals surface area contributed by atoms with E-state index in [1.807, 2.05) is 6.20 Å². The van der Waals surface area contributed by atoms with Gasteiger partial charge in [0.2, 0.25) is 11.4 Å². The lowest BCUT2D eigenvalue weighted by atomic mass is 9.95. The summed E-state index contributed by atoms with van der Waals surface area (Å²) in [6, 6.07) is 3.54. The molecule has 1 aliphatic heterocycles. The Hall–Kier alpha value is -2.83. The molecule has 0 fully saturated rings. The predicted molar refractivity (Wildman–Crippen MR) is 86.1 cm³/mol. The fraction of sp³-hybridized carbons (Fsp3) is 0.353. The molecule has 1 aliphatic rings. The standard InChI is InChI=1S/C17H17N5O2/c1-17(2,3)16-19-7-10-8-22(9-12(10)20-16)15(23)13-11-5-4-6-18-14(11)21-24-13/h4-7H,8-9H2,1-3H3. The molecule has 7 nitrogen and oxygen atoms in total. The van der Waals surface area contributed by atoms with Crippen LogP contribution in [0.4, 0.5) is 0 Å². The molecule has 0 saturated carbocycles. The molecule has 24 heavy (non-hydrogen) atoms. The van der Waals surface area contributed by atoms with Gasteiger partial charge in [-0.05, 0) is 12.1 Å². The van der Waals surface area contributed by atoms with E-state index in [2.05, 4.69) is 40.9 Å². The topological polar surface area (TPSA) is 85.0 Å². The second kappa shape index (κ2) is 5.09. The van der Waals surface area contributed by atoms with Gasteiger partial charge in [-0.2, -0.15) is 0 Å². The van der Waals surface area contributed by atoms with Gasteiger partial charge in [0, 0.05) is 29.9 Å². The van der Waals surface area contributed by atoms with E-state index in [1.165, 1.54) is 0 Å². The molecule has 0 bridgehead atoms. The maximum absolute atomic E-state index is 12.8. The monoisotopic (exact) mass is 323 g/mol. The Morgan fingerprint density at radius 1 is 1.25 bits per heavy atom. The summed E-state index contributed by atoms with van der Waals surface area (Å²) >= 11 is 0. The van der Waals surface area contributed by atoms with Crippen molar-refractivity contribution in [3.05, 3.63) is 47.4 Å². The van der Waals surface area contributed by atoms with Crippen LogP contribution >= 0.6 is 0 Å². The van der Waals surface area contributed by atoms with Gasteiger partial charge in [-0.1, -0.05) is 25.9 Å². The van der Waals surface area contributed by atoms with Crippen LogP contribution in [0.2, 0.25) is 0 Å². The zero-order valence-corrected chi connectivity index (χ0v) is 13.8. The third-order valence-electron chi connectivity index (χ3n) is 4.06. The molecule has 1 amide bonds. The fourth-order valence-corrected chi connectivity index (χ4v) is 2.74. The smallest absolute Gasteiger partial charge is 0.293 e. The number of pyridine rings is 1. The summed E-state index contributed by atoms with van der Waals surface area (Å²) in [6.07, 6.45) is 3.44. The SMILES string of the molecule is CC(C)(C)c1ncc2c(n1)CN(C(=O)c1onc3ncccc13)C2. The van der Waals surface area contributed by atoms with Gasteiger partial charge < -0.3 is 9.42 Å². The van der Waals surface area contributed by atoms with Crippen LogP contribution in [0.1, 0.15) is 48.4 Å². The number of aromatic nitrogens is 4. The summed E-state index contributed by atoms with van der Waals surface area (Å²) in [5.74, 6) is 0.792. The number of carbonyl (C=O) groups excluding carboxylic acids is 1. The number of fused-ring (bicyclic) bond motifs is 2. The highest BCUT2D eigenvalue weighted by Crippen LogP contribution is 2.27. The van der Waals surface area contributed by atoms with Crippen LogP contribution in [0, 0.1) is 0 Å². The minimum absolute atomic E-state index is 0.126. The Balaban J connectivity index is 1.63. The van der Waals surface area contributed by atoms with Gasteiger partial charge in [0.15, 0.2) is 0 Å². The molecule has 0 atom stereocenters. The Labute approximate surface area is 138 Å². The van der Waals surface area contributed by atoms with Crippen molar-refractivity contribution < 1.29 is 9.32 Å². The Morgan fingerprint density at radius 3 is 2.88 bits per heavy atom. The van der Waals surface area contributed by atoms with Crippen molar-refractivity contribution in [2.24, 2.45) is 0 Å². The van der Waals surface area contributed by atoms with Gasteiger partial charge in [-0.15, -0.1) is 0 Å². The number of hydrogen-bond acceptors (Lipinski definition) is 6. The maximum Gasteiger partial charge on any atom is 0.293 e. The highest BCUT2D eigenvalue weighted by molar-refractivity contribution is 6.02. The van der Waals surface area contributed by atoms with Gasteiger partial charge in [-0.25, -0.2) is 15.0 Å². The van der Waals surface area contributed by atoms with E-state index in [9.17, 15) is 4.79 Å². The van der Waals surface area contributed by atoms with Gasteiger partial charge in [-0.3, -0.25) is 4.79 Å². The van der Waals surface area contributed by atoms with E-state index < -0.39 is 0 Å². The first kappa shape index (κ1) is 14.7. The highest BCUT2D eigenvalue weighted by atomic mass is 16.5. The summed E-state index contributed by atoms with van der Waals surface area (Å²) < 4.78 is 5.23. The molecule has 3 aromatic heterocycles. The number of amides is 1. The minimum Gasteiger partial charge on any atom is -0.348 e. The fourth-order valence-electron chi connectivity index (χ4n) is 2.74. The molecular formula is C17H17N5O2. The molecule has 0 saturated heterocycles. The van der Waals surface area contributed by atoms with Crippen molar-refractivity contribution in [2.75, 3.05) is 0 Å². The average molecular weight is 323 g/mol. The van der Waals surface area contributed by atoms with Crippen molar-refractivity contribution in [2.45, 2.75) is 39.3 Å². The molecule has 7 heteroatoms. The quantitative estimate of drug-likeness (QED) is 0.684. The van der Waals surface area contributed by atoms with E-state index in [4.69, 9.17) is 4.52 Å². The first-order chi connectivity index (χ1) is 11.4. The molecule has 3 aromatic rings. The predicted octanol–water partition coefficient (Wildman–Crippen LogP) is 2.47. The summed E-state index contributed by atoms with van der Waals surface area (Å²) in [4.78, 5) is 27.6. The number of nitrogens with zero attached hydrogens (tertiary/aromatic N) is 5. The molecule has 0 radical (unpaired) electrons. The van der Waals surface area contributed by atoms with Crippen molar-refractivity contribution in [1.82, 2.24) is 25.0 Å². The molecule has 0 spiro atoms. The third kappa shape index (κ3) is 2.33. The van der Waals surface area contributed by atoms with E-state index >= 15 is 0 Å². The van der Waals surface area contributed by atoms with Crippen LogP contribution in [-0.2, 0) is 18.5 Å². The summed E-state index contributed by atoms with van der Waals surface area (Å²) in [7, 11) is 0. The zero-order valence-electron chi connectivity index (χ0n) is 13.8. The van der Waals surface area contributed by atoms with Gasteiger partial charge >= 0.3 is 0 Å².